The predicted octanol–water partition coefficient (Wildman–Crippen LogP) is 8.56. The molecule has 0 bridgehead atoms. The van der Waals surface area contributed by atoms with Crippen molar-refractivity contribution >= 4 is 29.4 Å². The molecule has 0 fully saturated rings. The number of phenolic OH excluding ortho intramolecular Hbond substituents is 1. The molecule has 0 saturated carbocycles. The first-order chi connectivity index (χ1) is 13.9. The number of carbonyl (C=O) groups is 1. The van der Waals surface area contributed by atoms with Gasteiger partial charge in [-0.2, -0.15) is 0 Å². The number of hydrogen-bond donors (Lipinski definition) is 2. The van der Waals surface area contributed by atoms with Gasteiger partial charge in [0.2, 0.25) is 0 Å². The number of unbranched alkanes of at least 4 members (excludes halogenated alkanes) is 10. The summed E-state index contributed by atoms with van der Waals surface area (Å²) in [5, 5.41) is 20.0. The normalized spacial score (nSPS) is 11.0. The Morgan fingerprint density at radius 2 is 1.21 bits per heavy atom. The monoisotopic (exact) mass is 446 g/mol. The summed E-state index contributed by atoms with van der Waals surface area (Å²) < 4.78 is 4.73. The van der Waals surface area contributed by atoms with Crippen molar-refractivity contribution in [3.63, 3.8) is 0 Å². The Hall–Kier alpha value is -1.13. The van der Waals surface area contributed by atoms with Gasteiger partial charge >= 0.3 is 6.16 Å². The van der Waals surface area contributed by atoms with Gasteiger partial charge in [0.05, 0.1) is 5.02 Å². The lowest BCUT2D eigenvalue weighted by atomic mass is 9.94. The Labute approximate surface area is 185 Å². The van der Waals surface area contributed by atoms with E-state index in [9.17, 15) is 9.90 Å². The van der Waals surface area contributed by atoms with Crippen molar-refractivity contribution in [1.82, 2.24) is 0 Å². The summed E-state index contributed by atoms with van der Waals surface area (Å²) in [4.78, 5) is 11.0. The maximum Gasteiger partial charge on any atom is 0.511 e. The minimum atomic E-state index is -1.52. The molecular weight excluding hydrogens is 411 g/mol. The summed E-state index contributed by atoms with van der Waals surface area (Å²) in [5.41, 5.74) is 1.51. The molecule has 2 N–H and O–H groups in total. The Morgan fingerprint density at radius 1 is 0.759 bits per heavy atom. The predicted molar refractivity (Wildman–Crippen MR) is 121 cm³/mol. The fraction of sp³-hybridized carbons (Fsp3) is 0.696. The van der Waals surface area contributed by atoms with Crippen LogP contribution in [0.3, 0.4) is 0 Å². The molecule has 0 radical (unpaired) electrons. The molecule has 0 atom stereocenters. The smallest absolute Gasteiger partial charge is 0.504 e. The number of rotatable bonds is 15. The molecule has 0 amide bonds. The summed E-state index contributed by atoms with van der Waals surface area (Å²) >= 11 is 12.7. The molecule has 6 heteroatoms. The van der Waals surface area contributed by atoms with Gasteiger partial charge in [-0.1, -0.05) is 101 Å². The van der Waals surface area contributed by atoms with Crippen LogP contribution in [0.5, 0.6) is 11.5 Å². The summed E-state index contributed by atoms with van der Waals surface area (Å²) in [6.45, 7) is 4.38. The zero-order valence-electron chi connectivity index (χ0n) is 17.9. The SMILES string of the molecule is CCCCCCCCc1c(O)c(OC(=O)O)c(Cl)c(Cl)c1CCCCCCCC. The molecule has 0 aliphatic heterocycles. The van der Waals surface area contributed by atoms with Crippen molar-refractivity contribution in [2.24, 2.45) is 0 Å². The molecule has 0 saturated heterocycles. The average Bonchev–Trinajstić information content (AvgIpc) is 2.69. The maximum absolute atomic E-state index is 11.0. The summed E-state index contributed by atoms with van der Waals surface area (Å²) in [5.74, 6) is -0.437. The highest BCUT2D eigenvalue weighted by molar-refractivity contribution is 6.43. The first kappa shape index (κ1) is 25.9. The molecule has 29 heavy (non-hydrogen) atoms. The van der Waals surface area contributed by atoms with Gasteiger partial charge in [0.1, 0.15) is 5.02 Å². The van der Waals surface area contributed by atoms with Crippen LogP contribution in [-0.4, -0.2) is 16.4 Å². The van der Waals surface area contributed by atoms with Gasteiger partial charge in [0.25, 0.3) is 0 Å². The highest BCUT2D eigenvalue weighted by Gasteiger charge is 2.24. The van der Waals surface area contributed by atoms with Gasteiger partial charge in [-0.25, -0.2) is 4.79 Å². The van der Waals surface area contributed by atoms with Crippen molar-refractivity contribution in [2.75, 3.05) is 0 Å². The van der Waals surface area contributed by atoms with E-state index in [-0.39, 0.29) is 16.5 Å². The van der Waals surface area contributed by atoms with Crippen LogP contribution in [0.1, 0.15) is 102 Å². The quantitative estimate of drug-likeness (QED) is 0.161. The molecule has 0 heterocycles. The second-order valence-corrected chi connectivity index (χ2v) is 8.42. The van der Waals surface area contributed by atoms with Gasteiger partial charge in [-0.3, -0.25) is 0 Å². The Morgan fingerprint density at radius 3 is 1.69 bits per heavy atom. The molecule has 4 nitrogen and oxygen atoms in total. The second-order valence-electron chi connectivity index (χ2n) is 7.67. The number of halogens is 2. The van der Waals surface area contributed by atoms with E-state index in [1.54, 1.807) is 0 Å². The summed E-state index contributed by atoms with van der Waals surface area (Å²) in [6, 6.07) is 0. The van der Waals surface area contributed by atoms with Crippen LogP contribution in [0.4, 0.5) is 4.79 Å². The van der Waals surface area contributed by atoms with E-state index >= 15 is 0 Å². The van der Waals surface area contributed by atoms with E-state index in [1.807, 2.05) is 0 Å². The van der Waals surface area contributed by atoms with E-state index in [0.29, 0.717) is 17.0 Å². The average molecular weight is 447 g/mol. The van der Waals surface area contributed by atoms with Crippen LogP contribution < -0.4 is 4.74 Å². The summed E-state index contributed by atoms with van der Waals surface area (Å²) in [6.07, 6.45) is 13.5. The maximum atomic E-state index is 11.0. The Kier molecular flexibility index (Phi) is 13.2. The molecule has 0 aromatic heterocycles. The van der Waals surface area contributed by atoms with Crippen LogP contribution >= 0.6 is 23.2 Å². The van der Waals surface area contributed by atoms with Gasteiger partial charge in [0.15, 0.2) is 11.5 Å². The van der Waals surface area contributed by atoms with E-state index in [4.69, 9.17) is 33.0 Å². The molecule has 0 spiro atoms. The third kappa shape index (κ3) is 9.04. The molecule has 1 aromatic carbocycles. The van der Waals surface area contributed by atoms with Crippen molar-refractivity contribution < 1.29 is 19.7 Å². The van der Waals surface area contributed by atoms with Crippen LogP contribution in [0, 0.1) is 0 Å². The van der Waals surface area contributed by atoms with Crippen molar-refractivity contribution in [2.45, 2.75) is 104 Å². The molecule has 0 unspecified atom stereocenters. The largest absolute Gasteiger partial charge is 0.511 e. The molecule has 0 aliphatic rings. The molecule has 1 aromatic rings. The lowest BCUT2D eigenvalue weighted by Crippen LogP contribution is -2.07. The standard InChI is InChI=1S/C23H36Cl2O4/c1-3-5-7-9-11-13-15-17-18(16-14-12-10-8-6-4-2)21(26)22(29-23(27)28)20(25)19(17)24/h26H,3-16H2,1-2H3,(H,27,28). The summed E-state index contributed by atoms with van der Waals surface area (Å²) in [7, 11) is 0. The van der Waals surface area contributed by atoms with Crippen LogP contribution in [-0.2, 0) is 12.8 Å². The van der Waals surface area contributed by atoms with Crippen LogP contribution in [0.2, 0.25) is 10.0 Å². The van der Waals surface area contributed by atoms with E-state index in [1.165, 1.54) is 44.9 Å². The third-order valence-electron chi connectivity index (χ3n) is 5.27. The van der Waals surface area contributed by atoms with E-state index in [0.717, 1.165) is 44.1 Å². The van der Waals surface area contributed by atoms with Crippen molar-refractivity contribution in [3.05, 3.63) is 21.2 Å². The molecule has 0 aliphatic carbocycles. The zero-order chi connectivity index (χ0) is 21.6. The van der Waals surface area contributed by atoms with E-state index in [2.05, 4.69) is 13.8 Å². The van der Waals surface area contributed by atoms with Crippen molar-refractivity contribution in [3.8, 4) is 11.5 Å². The topological polar surface area (TPSA) is 66.8 Å². The first-order valence-corrected chi connectivity index (χ1v) is 11.8. The van der Waals surface area contributed by atoms with Gasteiger partial charge < -0.3 is 14.9 Å². The number of carboxylic acid groups (broad SMARTS) is 1. The number of phenols is 1. The molecular formula is C23H36Cl2O4. The lowest BCUT2D eigenvalue weighted by Gasteiger charge is -2.18. The molecule has 1 rings (SSSR count). The highest BCUT2D eigenvalue weighted by Crippen LogP contribution is 2.46. The first-order valence-electron chi connectivity index (χ1n) is 11.1. The Bertz CT molecular complexity index is 632. The van der Waals surface area contributed by atoms with Gasteiger partial charge in [0, 0.05) is 5.56 Å². The fourth-order valence-corrected chi connectivity index (χ4v) is 4.16. The minimum Gasteiger partial charge on any atom is -0.504 e. The van der Waals surface area contributed by atoms with Gasteiger partial charge in [-0.05, 0) is 31.2 Å². The highest BCUT2D eigenvalue weighted by atomic mass is 35.5. The van der Waals surface area contributed by atoms with E-state index < -0.39 is 6.16 Å². The number of hydrogen-bond acceptors (Lipinski definition) is 3. The number of aromatic hydroxyl groups is 1. The fourth-order valence-electron chi connectivity index (χ4n) is 3.62. The zero-order valence-corrected chi connectivity index (χ0v) is 19.4. The number of ether oxygens (including phenoxy) is 1. The molecule has 166 valence electrons. The second kappa shape index (κ2) is 14.8. The van der Waals surface area contributed by atoms with Crippen molar-refractivity contribution in [1.29, 1.82) is 0 Å². The Balaban J connectivity index is 2.92. The van der Waals surface area contributed by atoms with Crippen LogP contribution in [0.25, 0.3) is 0 Å². The van der Waals surface area contributed by atoms with Crippen LogP contribution in [0.15, 0.2) is 0 Å². The minimum absolute atomic E-state index is 0.0285. The number of benzene rings is 1. The third-order valence-corrected chi connectivity index (χ3v) is 6.15. The lowest BCUT2D eigenvalue weighted by molar-refractivity contribution is 0.143. The van der Waals surface area contributed by atoms with Gasteiger partial charge in [-0.15, -0.1) is 0 Å².